The number of nitrogens with one attached hydrogen (secondary N) is 1. The molecule has 7 heteroatoms. The van der Waals surface area contributed by atoms with E-state index in [1.54, 1.807) is 24.3 Å². The maximum Gasteiger partial charge on any atom is 0.243 e. The Morgan fingerprint density at radius 2 is 1.62 bits per heavy atom. The summed E-state index contributed by atoms with van der Waals surface area (Å²) in [5, 5.41) is 3.97. The second-order valence-corrected chi connectivity index (χ2v) is 7.90. The lowest BCUT2D eigenvalue weighted by Gasteiger charge is -2.26. The van der Waals surface area contributed by atoms with Gasteiger partial charge in [0.15, 0.2) is 0 Å². The van der Waals surface area contributed by atoms with Crippen molar-refractivity contribution in [2.24, 2.45) is 0 Å². The Balaban J connectivity index is 1.65. The molecule has 128 valence electrons. The van der Waals surface area contributed by atoms with Crippen molar-refractivity contribution >= 4 is 27.3 Å². The van der Waals surface area contributed by atoms with E-state index in [1.165, 1.54) is 4.31 Å². The van der Waals surface area contributed by atoms with Crippen molar-refractivity contribution in [3.63, 3.8) is 0 Å². The second-order valence-electron chi connectivity index (χ2n) is 5.52. The van der Waals surface area contributed by atoms with Crippen molar-refractivity contribution in [2.45, 2.75) is 11.4 Å². The number of halogens is 1. The summed E-state index contributed by atoms with van der Waals surface area (Å²) in [6.45, 7) is 2.34. The molecule has 0 atom stereocenters. The standard InChI is InChI=1S/C17H19ClN2O3S/c18-15-3-1-14(2-4-15)13-19-16-5-7-17(8-6-16)24(21,22)20-9-11-23-12-10-20/h1-8,19H,9-13H2. The van der Waals surface area contributed by atoms with Crippen LogP contribution in [0.3, 0.4) is 0 Å². The Bertz CT molecular complexity index is 770. The van der Waals surface area contributed by atoms with Crippen LogP contribution in [-0.2, 0) is 21.3 Å². The van der Waals surface area contributed by atoms with Crippen LogP contribution in [0.1, 0.15) is 5.56 Å². The summed E-state index contributed by atoms with van der Waals surface area (Å²) < 4.78 is 31.8. The number of anilines is 1. The first-order valence-corrected chi connectivity index (χ1v) is 9.54. The number of sulfonamides is 1. The third kappa shape index (κ3) is 4.08. The minimum absolute atomic E-state index is 0.307. The number of ether oxygens (including phenoxy) is 1. The molecule has 0 amide bonds. The van der Waals surface area contributed by atoms with E-state index in [2.05, 4.69) is 5.32 Å². The van der Waals surface area contributed by atoms with E-state index in [9.17, 15) is 8.42 Å². The first-order valence-electron chi connectivity index (χ1n) is 7.72. The monoisotopic (exact) mass is 366 g/mol. The zero-order valence-electron chi connectivity index (χ0n) is 13.1. The SMILES string of the molecule is O=S(=O)(c1ccc(NCc2ccc(Cl)cc2)cc1)N1CCOCC1. The molecule has 1 heterocycles. The topological polar surface area (TPSA) is 58.6 Å². The molecule has 0 radical (unpaired) electrons. The number of nitrogens with zero attached hydrogens (tertiary/aromatic N) is 1. The van der Waals surface area contributed by atoms with Crippen LogP contribution in [0.25, 0.3) is 0 Å². The van der Waals surface area contributed by atoms with Crippen molar-refractivity contribution in [3.05, 3.63) is 59.1 Å². The van der Waals surface area contributed by atoms with Crippen LogP contribution in [0, 0.1) is 0 Å². The van der Waals surface area contributed by atoms with Crippen molar-refractivity contribution in [1.29, 1.82) is 0 Å². The maximum atomic E-state index is 12.5. The van der Waals surface area contributed by atoms with Crippen LogP contribution in [0.2, 0.25) is 5.02 Å². The molecule has 1 aliphatic rings. The molecule has 1 N–H and O–H groups in total. The van der Waals surface area contributed by atoms with Gasteiger partial charge in [-0.15, -0.1) is 0 Å². The molecule has 1 fully saturated rings. The third-order valence-electron chi connectivity index (χ3n) is 3.87. The van der Waals surface area contributed by atoms with E-state index in [4.69, 9.17) is 16.3 Å². The van der Waals surface area contributed by atoms with Crippen LogP contribution >= 0.6 is 11.6 Å². The van der Waals surface area contributed by atoms with Crippen LogP contribution < -0.4 is 5.32 Å². The highest BCUT2D eigenvalue weighted by molar-refractivity contribution is 7.89. The lowest BCUT2D eigenvalue weighted by atomic mass is 10.2. The minimum Gasteiger partial charge on any atom is -0.381 e. The van der Waals surface area contributed by atoms with Crippen LogP contribution in [0.4, 0.5) is 5.69 Å². The predicted octanol–water partition coefficient (Wildman–Crippen LogP) is 2.97. The van der Waals surface area contributed by atoms with E-state index in [1.807, 2.05) is 24.3 Å². The maximum absolute atomic E-state index is 12.5. The summed E-state index contributed by atoms with van der Waals surface area (Å²) >= 11 is 5.86. The first kappa shape index (κ1) is 17.2. The molecule has 2 aromatic carbocycles. The molecule has 0 bridgehead atoms. The van der Waals surface area contributed by atoms with E-state index in [0.717, 1.165) is 11.3 Å². The molecule has 0 saturated carbocycles. The Hall–Kier alpha value is -1.60. The quantitative estimate of drug-likeness (QED) is 0.883. The zero-order valence-corrected chi connectivity index (χ0v) is 14.7. The van der Waals surface area contributed by atoms with E-state index >= 15 is 0 Å². The smallest absolute Gasteiger partial charge is 0.243 e. The third-order valence-corrected chi connectivity index (χ3v) is 6.04. The van der Waals surface area contributed by atoms with Gasteiger partial charge in [0.2, 0.25) is 10.0 Å². The normalized spacial score (nSPS) is 16.0. The predicted molar refractivity (Wildman–Crippen MR) is 94.8 cm³/mol. The van der Waals surface area contributed by atoms with Gasteiger partial charge in [0.25, 0.3) is 0 Å². The molecule has 3 rings (SSSR count). The van der Waals surface area contributed by atoms with Crippen molar-refractivity contribution in [1.82, 2.24) is 4.31 Å². The molecular weight excluding hydrogens is 348 g/mol. The average molecular weight is 367 g/mol. The summed E-state index contributed by atoms with van der Waals surface area (Å²) in [6, 6.07) is 14.4. The van der Waals surface area contributed by atoms with Gasteiger partial charge in [0, 0.05) is 30.3 Å². The molecule has 5 nitrogen and oxygen atoms in total. The fourth-order valence-electron chi connectivity index (χ4n) is 2.49. The highest BCUT2D eigenvalue weighted by Crippen LogP contribution is 2.20. The lowest BCUT2D eigenvalue weighted by Crippen LogP contribution is -2.40. The Labute approximate surface area is 147 Å². The molecule has 24 heavy (non-hydrogen) atoms. The van der Waals surface area contributed by atoms with E-state index < -0.39 is 10.0 Å². The summed E-state index contributed by atoms with van der Waals surface area (Å²) in [6.07, 6.45) is 0. The molecular formula is C17H19ClN2O3S. The van der Waals surface area contributed by atoms with Gasteiger partial charge in [-0.25, -0.2) is 8.42 Å². The molecule has 0 spiro atoms. The molecule has 2 aromatic rings. The van der Waals surface area contributed by atoms with Gasteiger partial charge in [-0.05, 0) is 42.0 Å². The molecule has 0 unspecified atom stereocenters. The number of hydrogen-bond donors (Lipinski definition) is 1. The Morgan fingerprint density at radius 3 is 2.25 bits per heavy atom. The molecule has 0 aliphatic carbocycles. The highest BCUT2D eigenvalue weighted by Gasteiger charge is 2.25. The minimum atomic E-state index is -3.44. The van der Waals surface area contributed by atoms with Gasteiger partial charge in [-0.1, -0.05) is 23.7 Å². The van der Waals surface area contributed by atoms with Crippen molar-refractivity contribution < 1.29 is 13.2 Å². The van der Waals surface area contributed by atoms with Crippen molar-refractivity contribution in [2.75, 3.05) is 31.6 Å². The first-order chi connectivity index (χ1) is 11.6. The van der Waals surface area contributed by atoms with Crippen LogP contribution in [0.15, 0.2) is 53.4 Å². The van der Waals surface area contributed by atoms with Gasteiger partial charge in [-0.2, -0.15) is 4.31 Å². The Kier molecular flexibility index (Phi) is 5.40. The van der Waals surface area contributed by atoms with Gasteiger partial charge >= 0.3 is 0 Å². The summed E-state index contributed by atoms with van der Waals surface area (Å²) in [5.74, 6) is 0. The molecule has 0 aromatic heterocycles. The van der Waals surface area contributed by atoms with Crippen LogP contribution in [0.5, 0.6) is 0 Å². The van der Waals surface area contributed by atoms with Gasteiger partial charge in [0.05, 0.1) is 18.1 Å². The lowest BCUT2D eigenvalue weighted by molar-refractivity contribution is 0.0730. The Morgan fingerprint density at radius 1 is 1.00 bits per heavy atom. The fourth-order valence-corrected chi connectivity index (χ4v) is 4.02. The molecule has 1 saturated heterocycles. The molecule has 1 aliphatic heterocycles. The summed E-state index contributed by atoms with van der Waals surface area (Å²) in [7, 11) is -3.44. The van der Waals surface area contributed by atoms with Gasteiger partial charge < -0.3 is 10.1 Å². The van der Waals surface area contributed by atoms with E-state index in [0.29, 0.717) is 42.8 Å². The number of hydrogen-bond acceptors (Lipinski definition) is 4. The van der Waals surface area contributed by atoms with Crippen LogP contribution in [-0.4, -0.2) is 39.0 Å². The highest BCUT2D eigenvalue weighted by atomic mass is 35.5. The van der Waals surface area contributed by atoms with Gasteiger partial charge in [0.1, 0.15) is 0 Å². The average Bonchev–Trinajstić information content (AvgIpc) is 2.62. The zero-order chi connectivity index (χ0) is 17.0. The van der Waals surface area contributed by atoms with Crippen molar-refractivity contribution in [3.8, 4) is 0 Å². The fraction of sp³-hybridized carbons (Fsp3) is 0.294. The number of morpholine rings is 1. The number of rotatable bonds is 5. The summed E-state index contributed by atoms with van der Waals surface area (Å²) in [4.78, 5) is 0.307. The second kappa shape index (κ2) is 7.53. The van der Waals surface area contributed by atoms with Gasteiger partial charge in [-0.3, -0.25) is 0 Å². The largest absolute Gasteiger partial charge is 0.381 e. The number of benzene rings is 2. The van der Waals surface area contributed by atoms with E-state index in [-0.39, 0.29) is 0 Å². The summed E-state index contributed by atoms with van der Waals surface area (Å²) in [5.41, 5.74) is 1.97.